The Kier molecular flexibility index (Phi) is 4.95. The number of nitrogens with zero attached hydrogens (tertiary/aromatic N) is 5. The van der Waals surface area contributed by atoms with Crippen LogP contribution in [0, 0.1) is 5.82 Å². The van der Waals surface area contributed by atoms with Crippen molar-refractivity contribution in [2.24, 2.45) is 0 Å². The molecule has 1 fully saturated rings. The SMILES string of the molecule is Fc1cccc(Nc2ccc3nc(C4CCN(Cc5nccs5)CC4)nn3c2)c1. The Morgan fingerprint density at radius 1 is 1.14 bits per heavy atom. The van der Waals surface area contributed by atoms with Crippen molar-refractivity contribution in [1.29, 1.82) is 0 Å². The number of piperidine rings is 1. The smallest absolute Gasteiger partial charge is 0.155 e. The van der Waals surface area contributed by atoms with E-state index >= 15 is 0 Å². The summed E-state index contributed by atoms with van der Waals surface area (Å²) in [5.41, 5.74) is 2.38. The van der Waals surface area contributed by atoms with Gasteiger partial charge in [-0.15, -0.1) is 11.3 Å². The van der Waals surface area contributed by atoms with Crippen LogP contribution in [0.4, 0.5) is 15.8 Å². The molecule has 148 valence electrons. The van der Waals surface area contributed by atoms with Gasteiger partial charge in [-0.1, -0.05) is 6.07 Å². The highest BCUT2D eigenvalue weighted by molar-refractivity contribution is 7.09. The zero-order chi connectivity index (χ0) is 19.6. The van der Waals surface area contributed by atoms with E-state index in [0.717, 1.165) is 49.6 Å². The van der Waals surface area contributed by atoms with Crippen molar-refractivity contribution in [3.05, 3.63) is 70.8 Å². The van der Waals surface area contributed by atoms with Crippen LogP contribution in [0.1, 0.15) is 29.6 Å². The predicted molar refractivity (Wildman–Crippen MR) is 112 cm³/mol. The fourth-order valence-electron chi connectivity index (χ4n) is 3.75. The molecule has 0 amide bonds. The number of thiazole rings is 1. The van der Waals surface area contributed by atoms with Gasteiger partial charge in [0.1, 0.15) is 10.8 Å². The van der Waals surface area contributed by atoms with Crippen LogP contribution in [0.25, 0.3) is 5.65 Å². The summed E-state index contributed by atoms with van der Waals surface area (Å²) in [6.45, 7) is 3.00. The third kappa shape index (κ3) is 4.13. The zero-order valence-electron chi connectivity index (χ0n) is 15.8. The quantitative estimate of drug-likeness (QED) is 0.529. The highest BCUT2D eigenvalue weighted by Gasteiger charge is 2.24. The molecule has 0 saturated carbocycles. The number of rotatable bonds is 5. The maximum atomic E-state index is 13.4. The minimum atomic E-state index is -0.264. The van der Waals surface area contributed by atoms with Crippen LogP contribution in [0.15, 0.2) is 54.2 Å². The summed E-state index contributed by atoms with van der Waals surface area (Å²) >= 11 is 1.71. The van der Waals surface area contributed by atoms with Gasteiger partial charge in [0.15, 0.2) is 11.5 Å². The van der Waals surface area contributed by atoms with Crippen LogP contribution in [-0.4, -0.2) is 37.6 Å². The fraction of sp³-hybridized carbons (Fsp3) is 0.286. The molecule has 6 nitrogen and oxygen atoms in total. The maximum Gasteiger partial charge on any atom is 0.155 e. The van der Waals surface area contributed by atoms with Gasteiger partial charge in [0.05, 0.1) is 18.4 Å². The largest absolute Gasteiger partial charge is 0.354 e. The number of hydrogen-bond acceptors (Lipinski definition) is 6. The predicted octanol–water partition coefficient (Wildman–Crippen LogP) is 4.45. The molecule has 3 aromatic heterocycles. The van der Waals surface area contributed by atoms with Gasteiger partial charge < -0.3 is 5.32 Å². The summed E-state index contributed by atoms with van der Waals surface area (Å²) in [6.07, 6.45) is 5.87. The average Bonchev–Trinajstić information content (AvgIpc) is 3.38. The standard InChI is InChI=1S/C21H21FN6S/c22-16-2-1-3-17(12-16)24-18-4-5-19-25-21(26-28(19)13-18)15-6-9-27(10-7-15)14-20-23-8-11-29-20/h1-5,8,11-13,15,24H,6-7,9-10,14H2. The van der Waals surface area contributed by atoms with Crippen LogP contribution < -0.4 is 5.32 Å². The van der Waals surface area contributed by atoms with Gasteiger partial charge in [0.2, 0.25) is 0 Å². The van der Waals surface area contributed by atoms with E-state index < -0.39 is 0 Å². The molecule has 4 heterocycles. The lowest BCUT2D eigenvalue weighted by Gasteiger charge is -2.29. The minimum Gasteiger partial charge on any atom is -0.354 e. The van der Waals surface area contributed by atoms with E-state index in [2.05, 4.69) is 15.2 Å². The molecule has 1 aliphatic heterocycles. The lowest BCUT2D eigenvalue weighted by Crippen LogP contribution is -2.32. The third-order valence-electron chi connectivity index (χ3n) is 5.26. The second-order valence-electron chi connectivity index (χ2n) is 7.30. The average molecular weight is 409 g/mol. The number of anilines is 2. The van der Waals surface area contributed by atoms with E-state index in [9.17, 15) is 4.39 Å². The second-order valence-corrected chi connectivity index (χ2v) is 8.28. The van der Waals surface area contributed by atoms with Gasteiger partial charge in [-0.3, -0.25) is 4.90 Å². The molecule has 0 bridgehead atoms. The first kappa shape index (κ1) is 18.2. The number of fused-ring (bicyclic) bond motifs is 1. The zero-order valence-corrected chi connectivity index (χ0v) is 16.6. The summed E-state index contributed by atoms with van der Waals surface area (Å²) < 4.78 is 15.2. The number of pyridine rings is 1. The Bertz CT molecular complexity index is 1100. The summed E-state index contributed by atoms with van der Waals surface area (Å²) in [5, 5.41) is 11.1. The van der Waals surface area contributed by atoms with Crippen molar-refractivity contribution in [1.82, 2.24) is 24.5 Å². The van der Waals surface area contributed by atoms with Crippen molar-refractivity contribution in [2.75, 3.05) is 18.4 Å². The number of hydrogen-bond donors (Lipinski definition) is 1. The Balaban J connectivity index is 1.26. The number of benzene rings is 1. The minimum absolute atomic E-state index is 0.264. The van der Waals surface area contributed by atoms with Gasteiger partial charge >= 0.3 is 0 Å². The first-order valence-electron chi connectivity index (χ1n) is 9.72. The van der Waals surface area contributed by atoms with Crippen molar-refractivity contribution in [3.63, 3.8) is 0 Å². The molecule has 4 aromatic rings. The molecule has 0 aliphatic carbocycles. The number of nitrogens with one attached hydrogen (secondary N) is 1. The monoisotopic (exact) mass is 408 g/mol. The molecule has 0 radical (unpaired) electrons. The van der Waals surface area contributed by atoms with Crippen LogP contribution >= 0.6 is 11.3 Å². The Labute approximate surface area is 172 Å². The van der Waals surface area contributed by atoms with E-state index in [1.807, 2.05) is 36.0 Å². The summed E-state index contributed by atoms with van der Waals surface area (Å²) in [4.78, 5) is 11.6. The van der Waals surface area contributed by atoms with Crippen LogP contribution in [0.5, 0.6) is 0 Å². The molecule has 5 rings (SSSR count). The van der Waals surface area contributed by atoms with Gasteiger partial charge in [-0.05, 0) is 56.3 Å². The molecule has 0 unspecified atom stereocenters. The van der Waals surface area contributed by atoms with Gasteiger partial charge in [0, 0.05) is 23.2 Å². The lowest BCUT2D eigenvalue weighted by molar-refractivity contribution is 0.201. The van der Waals surface area contributed by atoms with Gasteiger partial charge in [-0.2, -0.15) is 5.10 Å². The first-order valence-corrected chi connectivity index (χ1v) is 10.6. The van der Waals surface area contributed by atoms with Crippen molar-refractivity contribution < 1.29 is 4.39 Å². The molecule has 1 aromatic carbocycles. The molecule has 1 aliphatic rings. The molecular weight excluding hydrogens is 387 g/mol. The molecular formula is C21H21FN6S. The Morgan fingerprint density at radius 2 is 2.03 bits per heavy atom. The lowest BCUT2D eigenvalue weighted by atomic mass is 9.96. The maximum absolute atomic E-state index is 13.4. The van der Waals surface area contributed by atoms with E-state index in [1.165, 1.54) is 17.1 Å². The molecule has 1 saturated heterocycles. The number of aromatic nitrogens is 4. The van der Waals surface area contributed by atoms with Crippen molar-refractivity contribution in [3.8, 4) is 0 Å². The van der Waals surface area contributed by atoms with Crippen LogP contribution in [0.2, 0.25) is 0 Å². The normalized spacial score (nSPS) is 15.8. The highest BCUT2D eigenvalue weighted by atomic mass is 32.1. The van der Waals surface area contributed by atoms with Crippen LogP contribution in [0.3, 0.4) is 0 Å². The molecule has 1 N–H and O–H groups in total. The first-order chi connectivity index (χ1) is 14.2. The molecule has 0 spiro atoms. The van der Waals surface area contributed by atoms with Gasteiger partial charge in [-0.25, -0.2) is 18.9 Å². The second kappa shape index (κ2) is 7.88. The molecule has 0 atom stereocenters. The van der Waals surface area contributed by atoms with Crippen molar-refractivity contribution >= 4 is 28.4 Å². The highest BCUT2D eigenvalue weighted by Crippen LogP contribution is 2.27. The summed E-state index contributed by atoms with van der Waals surface area (Å²) in [5.74, 6) is 1.02. The summed E-state index contributed by atoms with van der Waals surface area (Å²) in [6, 6.07) is 10.3. The van der Waals surface area contributed by atoms with E-state index in [0.29, 0.717) is 11.6 Å². The topological polar surface area (TPSA) is 58.4 Å². The summed E-state index contributed by atoms with van der Waals surface area (Å²) in [7, 11) is 0. The number of halogens is 1. The van der Waals surface area contributed by atoms with Crippen molar-refractivity contribution in [2.45, 2.75) is 25.3 Å². The molecule has 8 heteroatoms. The molecule has 29 heavy (non-hydrogen) atoms. The Hall–Kier alpha value is -2.84. The van der Waals surface area contributed by atoms with E-state index in [1.54, 1.807) is 21.9 Å². The van der Waals surface area contributed by atoms with E-state index in [4.69, 9.17) is 10.1 Å². The van der Waals surface area contributed by atoms with E-state index in [-0.39, 0.29) is 5.82 Å². The van der Waals surface area contributed by atoms with Crippen LogP contribution in [-0.2, 0) is 6.54 Å². The Morgan fingerprint density at radius 3 is 2.83 bits per heavy atom. The number of likely N-dealkylation sites (tertiary alicyclic amines) is 1. The van der Waals surface area contributed by atoms with Gasteiger partial charge in [0.25, 0.3) is 0 Å². The third-order valence-corrected chi connectivity index (χ3v) is 6.02. The fourth-order valence-corrected chi connectivity index (χ4v) is 4.41.